The van der Waals surface area contributed by atoms with Crippen molar-refractivity contribution >= 4 is 11.6 Å². The van der Waals surface area contributed by atoms with Gasteiger partial charge in [-0.05, 0) is 5.92 Å². The number of methoxy groups -OCH3 is 1. The van der Waals surface area contributed by atoms with E-state index in [0.717, 1.165) is 5.69 Å². The fraction of sp³-hybridized carbons (Fsp3) is 0.444. The van der Waals surface area contributed by atoms with Crippen molar-refractivity contribution in [3.63, 3.8) is 0 Å². The van der Waals surface area contributed by atoms with Gasteiger partial charge in [0.15, 0.2) is 0 Å². The third-order valence-corrected chi connectivity index (χ3v) is 2.02. The minimum atomic E-state index is -2.60. The molecule has 6 nitrogen and oxygen atoms in total. The molecule has 0 saturated carbocycles. The summed E-state index contributed by atoms with van der Waals surface area (Å²) in [6.07, 6.45) is 0. The molecular weight excluding hydrogens is 194 g/mol. The van der Waals surface area contributed by atoms with Crippen LogP contribution in [0.4, 0.5) is 5.82 Å². The van der Waals surface area contributed by atoms with Gasteiger partial charge in [0.2, 0.25) is 0 Å². The summed E-state index contributed by atoms with van der Waals surface area (Å²) in [5, 5.41) is 3.83. The number of fused-ring (bicyclic) bond motifs is 1. The van der Waals surface area contributed by atoms with Gasteiger partial charge in [-0.15, -0.1) is 5.10 Å². The zero-order chi connectivity index (χ0) is 13.5. The Balaban J connectivity index is 2.48. The Morgan fingerprint density at radius 3 is 3.00 bits per heavy atom. The van der Waals surface area contributed by atoms with Gasteiger partial charge >= 0.3 is 6.01 Å². The van der Waals surface area contributed by atoms with E-state index in [-0.39, 0.29) is 17.7 Å². The zero-order valence-electron chi connectivity index (χ0n) is 11.4. The Kier molecular flexibility index (Phi) is 1.49. The van der Waals surface area contributed by atoms with E-state index in [9.17, 15) is 0 Å². The van der Waals surface area contributed by atoms with Crippen molar-refractivity contribution in [2.45, 2.75) is 19.8 Å². The fourth-order valence-corrected chi connectivity index (χ4v) is 1.23. The summed E-state index contributed by atoms with van der Waals surface area (Å²) >= 11 is 0. The highest BCUT2D eigenvalue weighted by Gasteiger charge is 2.10. The van der Waals surface area contributed by atoms with Gasteiger partial charge in [-0.1, -0.05) is 13.8 Å². The highest BCUT2D eigenvalue weighted by Crippen LogP contribution is 2.17. The fourth-order valence-electron chi connectivity index (χ4n) is 1.23. The molecule has 0 atom stereocenters. The summed E-state index contributed by atoms with van der Waals surface area (Å²) in [4.78, 5) is 8.11. The van der Waals surface area contributed by atoms with Crippen molar-refractivity contribution in [2.24, 2.45) is 0 Å². The SMILES string of the molecule is [2H]C([2H])([2H])Oc1nc2nc(C(C)C)cc(N)n2n1. The average Bonchev–Trinajstić information content (AvgIpc) is 2.57. The lowest BCUT2D eigenvalue weighted by Crippen LogP contribution is -2.04. The number of hydrogen-bond acceptors (Lipinski definition) is 5. The maximum absolute atomic E-state index is 6.98. The van der Waals surface area contributed by atoms with E-state index in [4.69, 9.17) is 9.85 Å². The number of ether oxygens (including phenoxy) is 1. The van der Waals surface area contributed by atoms with E-state index < -0.39 is 7.04 Å². The molecule has 15 heavy (non-hydrogen) atoms. The lowest BCUT2D eigenvalue weighted by atomic mass is 10.1. The Labute approximate surface area is 91.3 Å². The Morgan fingerprint density at radius 2 is 2.33 bits per heavy atom. The van der Waals surface area contributed by atoms with Crippen LogP contribution >= 0.6 is 0 Å². The molecule has 2 aromatic heterocycles. The summed E-state index contributed by atoms with van der Waals surface area (Å²) in [5.41, 5.74) is 6.55. The van der Waals surface area contributed by atoms with E-state index in [1.165, 1.54) is 4.52 Å². The first kappa shape index (κ1) is 6.60. The molecule has 2 rings (SSSR count). The first-order valence-corrected chi connectivity index (χ1v) is 4.48. The standard InChI is InChI=1S/C9H13N5O/c1-5(2)6-4-7(10)14-8(11-6)12-9(13-14)15-3/h4-5H,10H2,1-3H3/i3D3. The average molecular weight is 210 g/mol. The van der Waals surface area contributed by atoms with Crippen LogP contribution in [0.15, 0.2) is 6.07 Å². The van der Waals surface area contributed by atoms with Crippen molar-refractivity contribution in [3.05, 3.63) is 11.8 Å². The molecule has 2 N–H and O–H groups in total. The van der Waals surface area contributed by atoms with E-state index in [1.807, 2.05) is 13.8 Å². The predicted molar refractivity (Wildman–Crippen MR) is 55.8 cm³/mol. The molecule has 0 spiro atoms. The van der Waals surface area contributed by atoms with E-state index in [1.54, 1.807) is 6.07 Å². The number of nitrogen functional groups attached to an aromatic ring is 1. The second-order valence-corrected chi connectivity index (χ2v) is 3.47. The first-order chi connectivity index (χ1) is 8.26. The molecule has 6 heteroatoms. The number of rotatable bonds is 2. The van der Waals surface area contributed by atoms with Gasteiger partial charge in [0, 0.05) is 6.07 Å². The highest BCUT2D eigenvalue weighted by atomic mass is 16.5. The van der Waals surface area contributed by atoms with Crippen molar-refractivity contribution in [1.82, 2.24) is 19.6 Å². The van der Waals surface area contributed by atoms with Crippen LogP contribution in [0.5, 0.6) is 6.01 Å². The molecule has 0 aliphatic heterocycles. The molecule has 80 valence electrons. The van der Waals surface area contributed by atoms with Gasteiger partial charge < -0.3 is 10.5 Å². The second kappa shape index (κ2) is 3.38. The second-order valence-electron chi connectivity index (χ2n) is 3.47. The van der Waals surface area contributed by atoms with Gasteiger partial charge in [-0.3, -0.25) is 0 Å². The topological polar surface area (TPSA) is 78.3 Å². The van der Waals surface area contributed by atoms with Crippen molar-refractivity contribution in [1.29, 1.82) is 0 Å². The Morgan fingerprint density at radius 1 is 1.53 bits per heavy atom. The number of nitrogens with two attached hydrogens (primary N) is 1. The summed E-state index contributed by atoms with van der Waals surface area (Å²) in [5.74, 6) is 0.732. The van der Waals surface area contributed by atoms with Crippen LogP contribution in [0.1, 0.15) is 29.6 Å². The van der Waals surface area contributed by atoms with Crippen LogP contribution < -0.4 is 10.5 Å². The van der Waals surface area contributed by atoms with Crippen LogP contribution in [0.25, 0.3) is 5.78 Å². The monoisotopic (exact) mass is 210 g/mol. The normalized spacial score (nSPS) is 15.0. The van der Waals surface area contributed by atoms with Crippen LogP contribution in [0.3, 0.4) is 0 Å². The molecule has 0 amide bonds. The summed E-state index contributed by atoms with van der Waals surface area (Å²) in [6.45, 7) is 3.93. The minimum Gasteiger partial charge on any atom is -0.466 e. The summed E-state index contributed by atoms with van der Waals surface area (Å²) < 4.78 is 26.8. The molecule has 0 aliphatic carbocycles. The molecule has 0 bridgehead atoms. The van der Waals surface area contributed by atoms with Gasteiger partial charge in [-0.2, -0.15) is 9.50 Å². The number of anilines is 1. The molecule has 0 radical (unpaired) electrons. The lowest BCUT2D eigenvalue weighted by Gasteiger charge is -2.05. The Hall–Kier alpha value is -1.85. The predicted octanol–water partition coefficient (Wildman–Crippen LogP) is 0.838. The smallest absolute Gasteiger partial charge is 0.337 e. The van der Waals surface area contributed by atoms with Crippen molar-refractivity contribution < 1.29 is 8.85 Å². The quantitative estimate of drug-likeness (QED) is 0.794. The van der Waals surface area contributed by atoms with Crippen LogP contribution in [0, 0.1) is 0 Å². The van der Waals surface area contributed by atoms with E-state index in [0.29, 0.717) is 5.82 Å². The summed E-state index contributed by atoms with van der Waals surface area (Å²) in [7, 11) is -2.60. The lowest BCUT2D eigenvalue weighted by molar-refractivity contribution is 0.381. The maximum Gasteiger partial charge on any atom is 0.337 e. The molecular formula is C9H13N5O. The number of aromatic nitrogens is 4. The first-order valence-electron chi connectivity index (χ1n) is 5.98. The molecule has 0 fully saturated rings. The van der Waals surface area contributed by atoms with Crippen LogP contribution in [0.2, 0.25) is 0 Å². The van der Waals surface area contributed by atoms with Gasteiger partial charge in [0.25, 0.3) is 5.78 Å². The van der Waals surface area contributed by atoms with Crippen molar-refractivity contribution in [2.75, 3.05) is 12.8 Å². The van der Waals surface area contributed by atoms with Gasteiger partial charge in [-0.25, -0.2) is 4.98 Å². The van der Waals surface area contributed by atoms with Gasteiger partial charge in [0.1, 0.15) is 5.82 Å². The van der Waals surface area contributed by atoms with Crippen LogP contribution in [-0.4, -0.2) is 26.6 Å². The number of nitrogens with zero attached hydrogens (tertiary/aromatic N) is 4. The van der Waals surface area contributed by atoms with Crippen LogP contribution in [-0.2, 0) is 0 Å². The third-order valence-electron chi connectivity index (χ3n) is 2.02. The van der Waals surface area contributed by atoms with E-state index in [2.05, 4.69) is 19.8 Å². The molecule has 0 unspecified atom stereocenters. The zero-order valence-corrected chi connectivity index (χ0v) is 8.43. The molecule has 2 aromatic rings. The minimum absolute atomic E-state index is 0.181. The Bertz CT molecular complexity index is 577. The largest absolute Gasteiger partial charge is 0.466 e. The third kappa shape index (κ3) is 1.58. The highest BCUT2D eigenvalue weighted by molar-refractivity contribution is 5.43. The van der Waals surface area contributed by atoms with Gasteiger partial charge in [0.05, 0.1) is 16.8 Å². The molecule has 0 saturated heterocycles. The maximum atomic E-state index is 6.98. The molecule has 0 aliphatic rings. The number of hydrogen-bond donors (Lipinski definition) is 1. The van der Waals surface area contributed by atoms with Crippen molar-refractivity contribution in [3.8, 4) is 6.01 Å². The molecule has 0 aromatic carbocycles. The van der Waals surface area contributed by atoms with E-state index >= 15 is 0 Å². The summed E-state index contributed by atoms with van der Waals surface area (Å²) in [6, 6.07) is 1.40. The molecule has 2 heterocycles.